The van der Waals surface area contributed by atoms with Crippen LogP contribution in [0.2, 0.25) is 16.6 Å². The number of morpholine rings is 1. The highest BCUT2D eigenvalue weighted by Gasteiger charge is 2.52. The molecule has 1 atom stereocenters. The second kappa shape index (κ2) is 12.7. The van der Waals surface area contributed by atoms with Gasteiger partial charge in [0.25, 0.3) is 0 Å². The van der Waals surface area contributed by atoms with Crippen molar-refractivity contribution in [3.63, 3.8) is 0 Å². The van der Waals surface area contributed by atoms with E-state index in [1.165, 1.54) is 0 Å². The number of rotatable bonds is 12. The van der Waals surface area contributed by atoms with Crippen LogP contribution < -0.4 is 10.6 Å². The number of aromatic nitrogens is 2. The van der Waals surface area contributed by atoms with Crippen LogP contribution in [0.5, 0.6) is 0 Å². The number of sulfone groups is 1. The van der Waals surface area contributed by atoms with Gasteiger partial charge in [0.2, 0.25) is 0 Å². The number of nitrogens with two attached hydrogens (primary N) is 1. The van der Waals surface area contributed by atoms with Crippen molar-refractivity contribution in [2.24, 2.45) is 0 Å². The molecule has 2 aliphatic rings. The van der Waals surface area contributed by atoms with Crippen molar-refractivity contribution in [2.75, 3.05) is 42.8 Å². The van der Waals surface area contributed by atoms with E-state index >= 15 is 0 Å². The van der Waals surface area contributed by atoms with Gasteiger partial charge < -0.3 is 19.8 Å². The zero-order valence-corrected chi connectivity index (χ0v) is 27.8. The first-order chi connectivity index (χ1) is 19.3. The van der Waals surface area contributed by atoms with Crippen molar-refractivity contribution in [3.05, 3.63) is 36.0 Å². The zero-order valence-electron chi connectivity index (χ0n) is 26.0. The van der Waals surface area contributed by atoms with Crippen molar-refractivity contribution in [1.29, 1.82) is 0 Å². The fourth-order valence-electron chi connectivity index (χ4n) is 7.06. The number of nitrogen functional groups attached to an aromatic ring is 1. The second-order valence-electron chi connectivity index (χ2n) is 12.9. The molecule has 2 N–H and O–H groups in total. The molecule has 228 valence electrons. The van der Waals surface area contributed by atoms with Gasteiger partial charge in [-0.1, -0.05) is 41.5 Å². The fraction of sp³-hybridized carbons (Fsp3) is 0.677. The Morgan fingerprint density at radius 1 is 1.07 bits per heavy atom. The maximum Gasteiger partial charge on any atom is 0.200 e. The lowest BCUT2D eigenvalue weighted by Gasteiger charge is -2.43. The summed E-state index contributed by atoms with van der Waals surface area (Å²) in [6.45, 7) is 18.0. The van der Waals surface area contributed by atoms with Gasteiger partial charge in [-0.25, -0.2) is 18.4 Å². The molecule has 1 aliphatic carbocycles. The molecule has 2 heterocycles. The summed E-state index contributed by atoms with van der Waals surface area (Å²) < 4.78 is 39.7. The number of anilines is 2. The predicted molar refractivity (Wildman–Crippen MR) is 170 cm³/mol. The Morgan fingerprint density at radius 3 is 2.24 bits per heavy atom. The molecule has 0 unspecified atom stereocenters. The Balaban J connectivity index is 1.64. The van der Waals surface area contributed by atoms with E-state index in [1.807, 2.05) is 30.3 Å². The second-order valence-corrected chi connectivity index (χ2v) is 20.7. The Hall–Kier alpha value is -2.01. The molecule has 2 fully saturated rings. The maximum absolute atomic E-state index is 14.2. The molecule has 0 amide bonds. The van der Waals surface area contributed by atoms with E-state index in [1.54, 1.807) is 0 Å². The van der Waals surface area contributed by atoms with Gasteiger partial charge in [0.05, 0.1) is 30.7 Å². The van der Waals surface area contributed by atoms with Crippen molar-refractivity contribution in [2.45, 2.75) is 102 Å². The Labute approximate surface area is 248 Å². The van der Waals surface area contributed by atoms with Gasteiger partial charge in [0.15, 0.2) is 24.0 Å². The molecule has 41 heavy (non-hydrogen) atoms. The van der Waals surface area contributed by atoms with Crippen LogP contribution in [0.15, 0.2) is 30.3 Å². The van der Waals surface area contributed by atoms with Crippen LogP contribution in [0.25, 0.3) is 11.4 Å². The number of hydrogen-bond acceptors (Lipinski definition) is 8. The van der Waals surface area contributed by atoms with E-state index in [9.17, 15) is 8.42 Å². The largest absolute Gasteiger partial charge is 0.416 e. The van der Waals surface area contributed by atoms with Crippen molar-refractivity contribution >= 4 is 29.7 Å². The Bertz CT molecular complexity index is 1260. The summed E-state index contributed by atoms with van der Waals surface area (Å²) in [5.41, 5.74) is 9.42. The lowest BCUT2D eigenvalue weighted by atomic mass is 9.81. The average Bonchev–Trinajstić information content (AvgIpc) is 2.87. The van der Waals surface area contributed by atoms with Crippen LogP contribution in [0.3, 0.4) is 0 Å². The predicted octanol–water partition coefficient (Wildman–Crippen LogP) is 6.33. The molecule has 1 aromatic carbocycles. The third-order valence-corrected chi connectivity index (χ3v) is 18.1. The van der Waals surface area contributed by atoms with E-state index in [0.29, 0.717) is 79.5 Å². The minimum absolute atomic E-state index is 0.0935. The number of ether oxygens (including phenoxy) is 1. The van der Waals surface area contributed by atoms with Crippen molar-refractivity contribution < 1.29 is 17.6 Å². The van der Waals surface area contributed by atoms with Crippen LogP contribution in [0, 0.1) is 0 Å². The van der Waals surface area contributed by atoms with Crippen molar-refractivity contribution in [1.82, 2.24) is 9.97 Å². The summed E-state index contributed by atoms with van der Waals surface area (Å²) in [5, 5.41) is 0. The lowest BCUT2D eigenvalue weighted by molar-refractivity contribution is 0.0985. The topological polar surface area (TPSA) is 108 Å². The number of benzene rings is 1. The van der Waals surface area contributed by atoms with Gasteiger partial charge >= 0.3 is 0 Å². The third kappa shape index (κ3) is 6.21. The van der Waals surface area contributed by atoms with Crippen LogP contribution in [-0.2, 0) is 23.7 Å². The highest BCUT2D eigenvalue weighted by molar-refractivity contribution is 7.92. The SMILES string of the molecule is CC(C)[Si](OCCCS(=O)(=O)C1(c2cc(N3CCOC[C@@H]3C)nc(-c3ccc(N)cc3)n2)CCC1)(C(C)C)C(C)C. The van der Waals surface area contributed by atoms with Crippen molar-refractivity contribution in [3.8, 4) is 11.4 Å². The van der Waals surface area contributed by atoms with E-state index in [4.69, 9.17) is 24.9 Å². The molecule has 2 aromatic rings. The van der Waals surface area contributed by atoms with E-state index in [2.05, 4.69) is 53.4 Å². The summed E-state index contributed by atoms with van der Waals surface area (Å²) in [7, 11) is -5.55. The van der Waals surface area contributed by atoms with Crippen LogP contribution >= 0.6 is 0 Å². The van der Waals surface area contributed by atoms with Gasteiger partial charge in [0.1, 0.15) is 10.6 Å². The quantitative estimate of drug-likeness (QED) is 0.171. The molecule has 0 bridgehead atoms. The molecule has 1 saturated carbocycles. The van der Waals surface area contributed by atoms with E-state index < -0.39 is 22.9 Å². The number of hydrogen-bond donors (Lipinski definition) is 1. The van der Waals surface area contributed by atoms with E-state index in [-0.39, 0.29) is 11.8 Å². The highest BCUT2D eigenvalue weighted by Crippen LogP contribution is 2.49. The van der Waals surface area contributed by atoms with Gasteiger partial charge in [-0.15, -0.1) is 0 Å². The first kappa shape index (κ1) is 31.9. The monoisotopic (exact) mass is 602 g/mol. The molecular formula is C31H50N4O4SSi. The molecule has 1 aromatic heterocycles. The molecule has 4 rings (SSSR count). The van der Waals surface area contributed by atoms with Crippen LogP contribution in [0.1, 0.15) is 79.8 Å². The minimum Gasteiger partial charge on any atom is -0.416 e. The molecule has 8 nitrogen and oxygen atoms in total. The average molecular weight is 603 g/mol. The fourth-order valence-corrected chi connectivity index (χ4v) is 14.8. The first-order valence-corrected chi connectivity index (χ1v) is 19.1. The number of nitrogens with zero attached hydrogens (tertiary/aromatic N) is 3. The zero-order chi connectivity index (χ0) is 30.0. The summed E-state index contributed by atoms with van der Waals surface area (Å²) in [6.07, 6.45) is 2.52. The first-order valence-electron chi connectivity index (χ1n) is 15.3. The van der Waals surface area contributed by atoms with Gasteiger partial charge in [-0.05, 0) is 73.5 Å². The van der Waals surface area contributed by atoms with Crippen LogP contribution in [0.4, 0.5) is 11.5 Å². The normalized spacial score (nSPS) is 19.7. The minimum atomic E-state index is -3.50. The molecule has 10 heteroatoms. The molecular weight excluding hydrogens is 553 g/mol. The van der Waals surface area contributed by atoms with Gasteiger partial charge in [-0.2, -0.15) is 0 Å². The molecule has 0 spiro atoms. The maximum atomic E-state index is 14.2. The highest BCUT2D eigenvalue weighted by atomic mass is 32.2. The standard InChI is InChI=1S/C31H50N4O4SSi/c1-22(2)41(23(3)4,24(5)6)39-17-9-19-40(36,37)31(14-8-15-31)28-20-29(35-16-18-38-21-25(35)7)34-30(33-28)26-10-12-27(32)13-11-26/h10-13,20,22-25H,8-9,14-19,21,32H2,1-7H3/t25-/m0/s1. The lowest BCUT2D eigenvalue weighted by Crippen LogP contribution is -2.48. The van der Waals surface area contributed by atoms with Crippen LogP contribution in [-0.4, -0.2) is 64.9 Å². The smallest absolute Gasteiger partial charge is 0.200 e. The summed E-state index contributed by atoms with van der Waals surface area (Å²) >= 11 is 0. The summed E-state index contributed by atoms with van der Waals surface area (Å²) in [5.74, 6) is 1.38. The Morgan fingerprint density at radius 2 is 1.71 bits per heavy atom. The van der Waals surface area contributed by atoms with Gasteiger partial charge in [0, 0.05) is 30.5 Å². The van der Waals surface area contributed by atoms with Gasteiger partial charge in [-0.3, -0.25) is 0 Å². The third-order valence-electron chi connectivity index (χ3n) is 9.38. The molecule has 1 saturated heterocycles. The summed E-state index contributed by atoms with van der Waals surface area (Å²) in [4.78, 5) is 12.1. The van der Waals surface area contributed by atoms with E-state index in [0.717, 1.165) is 17.8 Å². The molecule has 1 aliphatic heterocycles. The molecule has 0 radical (unpaired) electrons. The Kier molecular flexibility index (Phi) is 9.88. The summed E-state index contributed by atoms with van der Waals surface area (Å²) in [6, 6.07) is 9.50.